The number of carbonyl (C=O) groups is 1. The van der Waals surface area contributed by atoms with Gasteiger partial charge in [-0.1, -0.05) is 12.1 Å². The van der Waals surface area contributed by atoms with Gasteiger partial charge in [0.2, 0.25) is 5.91 Å². The topological polar surface area (TPSA) is 41.6 Å². The zero-order chi connectivity index (χ0) is 17.2. The standard InChI is InChI=1S/C19H28N2O2S/c1-21-12-4-5-15(13-20-18(22)19(24-3)10-11-19)17(21)14-6-8-16(23-2)9-7-14/h6-9,15,17H,4-5,10-13H2,1-3H3,(H,20,22)/t15-,17+/m1/s1. The molecule has 1 N–H and O–H groups in total. The van der Waals surface area contributed by atoms with Crippen molar-refractivity contribution >= 4 is 17.7 Å². The van der Waals surface area contributed by atoms with Gasteiger partial charge in [0.15, 0.2) is 0 Å². The first-order chi connectivity index (χ1) is 11.6. The second kappa shape index (κ2) is 7.36. The van der Waals surface area contributed by atoms with Crippen LogP contribution in [0.3, 0.4) is 0 Å². The van der Waals surface area contributed by atoms with Crippen LogP contribution in [0.4, 0.5) is 0 Å². The minimum absolute atomic E-state index is 0.129. The molecule has 1 aliphatic carbocycles. The molecule has 132 valence electrons. The molecule has 2 atom stereocenters. The number of benzene rings is 1. The number of nitrogens with one attached hydrogen (secondary N) is 1. The fourth-order valence-electron chi connectivity index (χ4n) is 3.82. The summed E-state index contributed by atoms with van der Waals surface area (Å²) in [4.78, 5) is 14.9. The smallest absolute Gasteiger partial charge is 0.236 e. The molecule has 24 heavy (non-hydrogen) atoms. The molecule has 0 unspecified atom stereocenters. The number of carbonyl (C=O) groups excluding carboxylic acids is 1. The van der Waals surface area contributed by atoms with E-state index in [1.54, 1.807) is 18.9 Å². The lowest BCUT2D eigenvalue weighted by molar-refractivity contribution is -0.121. The van der Waals surface area contributed by atoms with Gasteiger partial charge in [-0.05, 0) is 69.1 Å². The van der Waals surface area contributed by atoms with E-state index in [4.69, 9.17) is 4.74 Å². The lowest BCUT2D eigenvalue weighted by Crippen LogP contribution is -2.44. The summed E-state index contributed by atoms with van der Waals surface area (Å²) in [5, 5.41) is 3.24. The van der Waals surface area contributed by atoms with E-state index in [0.717, 1.165) is 38.1 Å². The zero-order valence-corrected chi connectivity index (χ0v) is 15.7. The molecule has 0 radical (unpaired) electrons. The van der Waals surface area contributed by atoms with Crippen molar-refractivity contribution in [3.05, 3.63) is 29.8 Å². The number of piperidine rings is 1. The van der Waals surface area contributed by atoms with Gasteiger partial charge < -0.3 is 10.1 Å². The molecule has 4 nitrogen and oxygen atoms in total. The number of amides is 1. The van der Waals surface area contributed by atoms with Crippen LogP contribution < -0.4 is 10.1 Å². The number of methoxy groups -OCH3 is 1. The zero-order valence-electron chi connectivity index (χ0n) is 14.9. The molecule has 1 amide bonds. The number of nitrogens with zero attached hydrogens (tertiary/aromatic N) is 1. The summed E-state index contributed by atoms with van der Waals surface area (Å²) in [7, 11) is 3.88. The fraction of sp³-hybridized carbons (Fsp3) is 0.632. The Hall–Kier alpha value is -1.20. The van der Waals surface area contributed by atoms with E-state index in [1.165, 1.54) is 12.0 Å². The minimum atomic E-state index is -0.129. The van der Waals surface area contributed by atoms with Gasteiger partial charge in [-0.3, -0.25) is 9.69 Å². The molecule has 0 spiro atoms. The second-order valence-electron chi connectivity index (χ2n) is 7.01. The third kappa shape index (κ3) is 3.57. The third-order valence-electron chi connectivity index (χ3n) is 5.50. The van der Waals surface area contributed by atoms with E-state index < -0.39 is 0 Å². The average molecular weight is 349 g/mol. The molecule has 1 heterocycles. The highest BCUT2D eigenvalue weighted by Crippen LogP contribution is 2.47. The summed E-state index contributed by atoms with van der Waals surface area (Å²) >= 11 is 1.70. The van der Waals surface area contributed by atoms with Crippen molar-refractivity contribution in [3.8, 4) is 5.75 Å². The molecule has 5 heteroatoms. The van der Waals surface area contributed by atoms with Gasteiger partial charge in [-0.2, -0.15) is 0 Å². The van der Waals surface area contributed by atoms with E-state index in [1.807, 2.05) is 18.4 Å². The van der Waals surface area contributed by atoms with Gasteiger partial charge in [0, 0.05) is 12.6 Å². The van der Waals surface area contributed by atoms with Crippen molar-refractivity contribution in [1.29, 1.82) is 0 Å². The minimum Gasteiger partial charge on any atom is -0.497 e. The van der Waals surface area contributed by atoms with Crippen LogP contribution in [0.25, 0.3) is 0 Å². The summed E-state index contributed by atoms with van der Waals surface area (Å²) in [6, 6.07) is 8.73. The van der Waals surface area contributed by atoms with E-state index in [9.17, 15) is 4.79 Å². The molecule has 1 aliphatic heterocycles. The van der Waals surface area contributed by atoms with Crippen LogP contribution in [0.15, 0.2) is 24.3 Å². The lowest BCUT2D eigenvalue weighted by Gasteiger charge is -2.40. The molecule has 3 rings (SSSR count). The van der Waals surface area contributed by atoms with Crippen molar-refractivity contribution in [2.75, 3.05) is 33.5 Å². The maximum atomic E-state index is 12.4. The number of ether oxygens (including phenoxy) is 1. The molecule has 2 aliphatic rings. The van der Waals surface area contributed by atoms with E-state index in [2.05, 4.69) is 29.4 Å². The molecule has 0 aromatic heterocycles. The van der Waals surface area contributed by atoms with Crippen molar-refractivity contribution in [3.63, 3.8) is 0 Å². The summed E-state index contributed by atoms with van der Waals surface area (Å²) in [6.07, 6.45) is 6.44. The Labute approximate surface area is 149 Å². The SMILES string of the molecule is COc1ccc([C@H]2[C@@H](CNC(=O)C3(SC)CC3)CCCN2C)cc1. The summed E-state index contributed by atoms with van der Waals surface area (Å²) in [5.41, 5.74) is 1.31. The Bertz CT molecular complexity index is 571. The molecule has 1 aromatic carbocycles. The molecule has 1 aromatic rings. The van der Waals surface area contributed by atoms with Crippen molar-refractivity contribution in [1.82, 2.24) is 10.2 Å². The largest absolute Gasteiger partial charge is 0.497 e. The monoisotopic (exact) mass is 348 g/mol. The van der Waals surface area contributed by atoms with Crippen LogP contribution in [0.2, 0.25) is 0 Å². The Morgan fingerprint density at radius 1 is 1.38 bits per heavy atom. The van der Waals surface area contributed by atoms with Crippen LogP contribution in [-0.2, 0) is 4.79 Å². The van der Waals surface area contributed by atoms with Gasteiger partial charge in [0.1, 0.15) is 5.75 Å². The summed E-state index contributed by atoms with van der Waals surface area (Å²) in [6.45, 7) is 1.87. The highest BCUT2D eigenvalue weighted by atomic mass is 32.2. The van der Waals surface area contributed by atoms with Crippen LogP contribution in [-0.4, -0.2) is 49.1 Å². The summed E-state index contributed by atoms with van der Waals surface area (Å²) in [5.74, 6) is 1.58. The van der Waals surface area contributed by atoms with E-state index in [0.29, 0.717) is 12.0 Å². The number of hydrogen-bond donors (Lipinski definition) is 1. The number of rotatable bonds is 6. The predicted molar refractivity (Wildman–Crippen MR) is 99.6 cm³/mol. The fourth-order valence-corrected chi connectivity index (χ4v) is 4.59. The van der Waals surface area contributed by atoms with E-state index in [-0.39, 0.29) is 10.7 Å². The van der Waals surface area contributed by atoms with Gasteiger partial charge >= 0.3 is 0 Å². The second-order valence-corrected chi connectivity index (χ2v) is 8.20. The summed E-state index contributed by atoms with van der Waals surface area (Å²) < 4.78 is 5.14. The highest BCUT2D eigenvalue weighted by Gasteiger charge is 2.49. The number of likely N-dealkylation sites (tertiary alicyclic amines) is 1. The first-order valence-electron chi connectivity index (χ1n) is 8.77. The maximum absolute atomic E-state index is 12.4. The molecule has 0 bridgehead atoms. The number of hydrogen-bond acceptors (Lipinski definition) is 4. The molecular weight excluding hydrogens is 320 g/mol. The third-order valence-corrected chi connectivity index (χ3v) is 6.87. The highest BCUT2D eigenvalue weighted by molar-refractivity contribution is 8.01. The Morgan fingerprint density at radius 3 is 2.67 bits per heavy atom. The molecular formula is C19H28N2O2S. The average Bonchev–Trinajstić information content (AvgIpc) is 3.41. The molecule has 1 saturated heterocycles. The first-order valence-corrected chi connectivity index (χ1v) is 10.00. The van der Waals surface area contributed by atoms with Crippen LogP contribution >= 0.6 is 11.8 Å². The van der Waals surface area contributed by atoms with Crippen LogP contribution in [0, 0.1) is 5.92 Å². The Morgan fingerprint density at radius 2 is 2.08 bits per heavy atom. The van der Waals surface area contributed by atoms with Gasteiger partial charge in [0.05, 0.1) is 11.9 Å². The lowest BCUT2D eigenvalue weighted by atomic mass is 9.85. The van der Waals surface area contributed by atoms with Gasteiger partial charge in [-0.25, -0.2) is 0 Å². The van der Waals surface area contributed by atoms with Crippen molar-refractivity contribution < 1.29 is 9.53 Å². The quantitative estimate of drug-likeness (QED) is 0.858. The predicted octanol–water partition coefficient (Wildman–Crippen LogP) is 3.09. The number of thioether (sulfide) groups is 1. The van der Waals surface area contributed by atoms with Gasteiger partial charge in [-0.15, -0.1) is 11.8 Å². The Balaban J connectivity index is 1.68. The van der Waals surface area contributed by atoms with Gasteiger partial charge in [0.25, 0.3) is 0 Å². The first kappa shape index (κ1) is 17.6. The van der Waals surface area contributed by atoms with Crippen LogP contribution in [0.5, 0.6) is 5.75 Å². The Kier molecular flexibility index (Phi) is 5.40. The van der Waals surface area contributed by atoms with E-state index >= 15 is 0 Å². The van der Waals surface area contributed by atoms with Crippen molar-refractivity contribution in [2.24, 2.45) is 5.92 Å². The normalized spacial score (nSPS) is 26.0. The van der Waals surface area contributed by atoms with Crippen molar-refractivity contribution in [2.45, 2.75) is 36.5 Å². The molecule has 1 saturated carbocycles. The molecule has 2 fully saturated rings. The maximum Gasteiger partial charge on any atom is 0.236 e. The van der Waals surface area contributed by atoms with Crippen LogP contribution in [0.1, 0.15) is 37.3 Å².